The van der Waals surface area contributed by atoms with E-state index in [1.165, 1.54) is 5.56 Å². The molecule has 0 unspecified atom stereocenters. The van der Waals surface area contributed by atoms with Gasteiger partial charge >= 0.3 is 0 Å². The molecule has 3 nitrogen and oxygen atoms in total. The van der Waals surface area contributed by atoms with Crippen LogP contribution in [0.4, 0.5) is 0 Å². The molecule has 0 saturated heterocycles. The fraction of sp³-hybridized carbons (Fsp3) is 0.333. The number of benzene rings is 1. The Bertz CT molecular complexity index is 530. The van der Waals surface area contributed by atoms with Gasteiger partial charge in [-0.25, -0.2) is 0 Å². The molecule has 0 amide bonds. The Labute approximate surface area is 118 Å². The summed E-state index contributed by atoms with van der Waals surface area (Å²) in [5.74, 6) is 0.824. The minimum atomic E-state index is 0.153. The van der Waals surface area contributed by atoms with E-state index in [9.17, 15) is 0 Å². The summed E-state index contributed by atoms with van der Waals surface area (Å²) >= 11 is 5.67. The Morgan fingerprint density at radius 3 is 2.21 bits per heavy atom. The highest BCUT2D eigenvalue weighted by atomic mass is 35.5. The first kappa shape index (κ1) is 13.8. The van der Waals surface area contributed by atoms with Gasteiger partial charge in [0.15, 0.2) is 5.15 Å². The molecule has 1 heterocycles. The van der Waals surface area contributed by atoms with Gasteiger partial charge in [-0.3, -0.25) is 0 Å². The highest BCUT2D eigenvalue weighted by molar-refractivity contribution is 6.29. The van der Waals surface area contributed by atoms with E-state index in [4.69, 9.17) is 16.3 Å². The van der Waals surface area contributed by atoms with Crippen LogP contribution in [0.5, 0.6) is 5.75 Å². The summed E-state index contributed by atoms with van der Waals surface area (Å²) < 4.78 is 5.65. The molecule has 0 aliphatic carbocycles. The third kappa shape index (κ3) is 3.93. The number of rotatable bonds is 3. The Balaban J connectivity index is 1.98. The first-order chi connectivity index (χ1) is 8.95. The average molecular weight is 277 g/mol. The van der Waals surface area contributed by atoms with E-state index in [0.29, 0.717) is 11.8 Å². The summed E-state index contributed by atoms with van der Waals surface area (Å²) in [5.41, 5.74) is 2.19. The van der Waals surface area contributed by atoms with Gasteiger partial charge in [-0.15, -0.1) is 5.10 Å². The van der Waals surface area contributed by atoms with Crippen molar-refractivity contribution in [3.63, 3.8) is 0 Å². The van der Waals surface area contributed by atoms with E-state index in [2.05, 4.69) is 43.1 Å². The van der Waals surface area contributed by atoms with Gasteiger partial charge in [0.2, 0.25) is 0 Å². The summed E-state index contributed by atoms with van der Waals surface area (Å²) in [6.45, 7) is 6.95. The van der Waals surface area contributed by atoms with Crippen LogP contribution in [-0.4, -0.2) is 10.2 Å². The topological polar surface area (TPSA) is 35.0 Å². The molecule has 0 saturated carbocycles. The van der Waals surface area contributed by atoms with Crippen molar-refractivity contribution in [3.8, 4) is 5.75 Å². The predicted molar refractivity (Wildman–Crippen MR) is 76.5 cm³/mol. The highest BCUT2D eigenvalue weighted by Gasteiger charge is 2.12. The van der Waals surface area contributed by atoms with Gasteiger partial charge in [0.05, 0.1) is 0 Å². The highest BCUT2D eigenvalue weighted by Crippen LogP contribution is 2.24. The average Bonchev–Trinajstić information content (AvgIpc) is 2.37. The molecule has 0 fully saturated rings. The Morgan fingerprint density at radius 1 is 1.00 bits per heavy atom. The lowest BCUT2D eigenvalue weighted by molar-refractivity contribution is 0.299. The second kappa shape index (κ2) is 5.57. The molecular formula is C15H17ClN2O. The fourth-order valence-corrected chi connectivity index (χ4v) is 1.73. The van der Waals surface area contributed by atoms with Crippen LogP contribution >= 0.6 is 11.6 Å². The van der Waals surface area contributed by atoms with Gasteiger partial charge in [-0.05, 0) is 35.2 Å². The molecule has 0 aliphatic heterocycles. The van der Waals surface area contributed by atoms with Crippen LogP contribution in [0, 0.1) is 0 Å². The Morgan fingerprint density at radius 2 is 1.68 bits per heavy atom. The van der Waals surface area contributed by atoms with Crippen LogP contribution in [0.15, 0.2) is 36.4 Å². The van der Waals surface area contributed by atoms with Crippen molar-refractivity contribution < 1.29 is 4.74 Å². The van der Waals surface area contributed by atoms with Crippen molar-refractivity contribution in [3.05, 3.63) is 52.8 Å². The summed E-state index contributed by atoms with van der Waals surface area (Å²) in [6, 6.07) is 11.6. The third-order valence-electron chi connectivity index (χ3n) is 2.79. The van der Waals surface area contributed by atoms with Crippen molar-refractivity contribution in [2.75, 3.05) is 0 Å². The van der Waals surface area contributed by atoms with Gasteiger partial charge in [0.1, 0.15) is 18.1 Å². The van der Waals surface area contributed by atoms with Gasteiger partial charge in [0.25, 0.3) is 0 Å². The molecule has 0 spiro atoms. The second-order valence-electron chi connectivity index (χ2n) is 5.41. The van der Waals surface area contributed by atoms with Crippen LogP contribution in [-0.2, 0) is 12.0 Å². The second-order valence-corrected chi connectivity index (χ2v) is 5.80. The molecule has 0 N–H and O–H groups in total. The number of nitrogens with zero attached hydrogens (tertiary/aromatic N) is 2. The quantitative estimate of drug-likeness (QED) is 0.850. The number of ether oxygens (including phenoxy) is 1. The fourth-order valence-electron chi connectivity index (χ4n) is 1.63. The number of hydrogen-bond acceptors (Lipinski definition) is 3. The molecule has 0 bridgehead atoms. The van der Waals surface area contributed by atoms with Crippen molar-refractivity contribution >= 4 is 11.6 Å². The van der Waals surface area contributed by atoms with Crippen molar-refractivity contribution in [1.29, 1.82) is 0 Å². The van der Waals surface area contributed by atoms with Crippen LogP contribution in [0.3, 0.4) is 0 Å². The maximum atomic E-state index is 5.67. The number of aromatic nitrogens is 2. The lowest BCUT2D eigenvalue weighted by Crippen LogP contribution is -2.10. The van der Waals surface area contributed by atoms with Crippen LogP contribution < -0.4 is 4.74 Å². The molecule has 2 aromatic rings. The molecule has 0 atom stereocenters. The van der Waals surface area contributed by atoms with E-state index in [0.717, 1.165) is 11.4 Å². The molecule has 4 heteroatoms. The number of hydrogen-bond donors (Lipinski definition) is 0. The van der Waals surface area contributed by atoms with Crippen LogP contribution in [0.1, 0.15) is 32.0 Å². The molecule has 19 heavy (non-hydrogen) atoms. The van der Waals surface area contributed by atoms with E-state index in [1.807, 2.05) is 12.1 Å². The van der Waals surface area contributed by atoms with Gasteiger partial charge in [-0.2, -0.15) is 5.10 Å². The largest absolute Gasteiger partial charge is 0.487 e. The minimum absolute atomic E-state index is 0.153. The minimum Gasteiger partial charge on any atom is -0.487 e. The zero-order chi connectivity index (χ0) is 13.9. The zero-order valence-corrected chi connectivity index (χ0v) is 12.1. The third-order valence-corrected chi connectivity index (χ3v) is 3.00. The standard InChI is InChI=1S/C15H17ClN2O/c1-15(2,3)11-4-7-13(8-5-11)19-10-12-6-9-14(16)18-17-12/h4-9H,10H2,1-3H3. The maximum absolute atomic E-state index is 5.67. The van der Waals surface area contributed by atoms with Gasteiger partial charge in [0, 0.05) is 0 Å². The van der Waals surface area contributed by atoms with E-state index in [1.54, 1.807) is 12.1 Å². The number of halogens is 1. The molecule has 0 aliphatic rings. The van der Waals surface area contributed by atoms with E-state index in [-0.39, 0.29) is 5.41 Å². The first-order valence-electron chi connectivity index (χ1n) is 6.16. The lowest BCUT2D eigenvalue weighted by atomic mass is 9.87. The summed E-state index contributed by atoms with van der Waals surface area (Å²) in [5, 5.41) is 8.10. The van der Waals surface area contributed by atoms with E-state index < -0.39 is 0 Å². The summed E-state index contributed by atoms with van der Waals surface area (Å²) in [7, 11) is 0. The molecule has 2 rings (SSSR count). The molecule has 0 radical (unpaired) electrons. The SMILES string of the molecule is CC(C)(C)c1ccc(OCc2ccc(Cl)nn2)cc1. The van der Waals surface area contributed by atoms with Crippen molar-refractivity contribution in [2.45, 2.75) is 32.8 Å². The Hall–Kier alpha value is -1.61. The summed E-state index contributed by atoms with van der Waals surface area (Å²) in [4.78, 5) is 0. The smallest absolute Gasteiger partial charge is 0.151 e. The van der Waals surface area contributed by atoms with Gasteiger partial charge < -0.3 is 4.74 Å². The zero-order valence-electron chi connectivity index (χ0n) is 11.4. The van der Waals surface area contributed by atoms with Gasteiger partial charge in [-0.1, -0.05) is 44.5 Å². The lowest BCUT2D eigenvalue weighted by Gasteiger charge is -2.19. The maximum Gasteiger partial charge on any atom is 0.151 e. The van der Waals surface area contributed by atoms with Crippen LogP contribution in [0.25, 0.3) is 0 Å². The molecular weight excluding hydrogens is 260 g/mol. The Kier molecular flexibility index (Phi) is 4.05. The van der Waals surface area contributed by atoms with Crippen molar-refractivity contribution in [2.24, 2.45) is 0 Å². The molecule has 1 aromatic heterocycles. The first-order valence-corrected chi connectivity index (χ1v) is 6.54. The predicted octanol–water partition coefficient (Wildman–Crippen LogP) is 4.01. The van der Waals surface area contributed by atoms with Crippen molar-refractivity contribution in [1.82, 2.24) is 10.2 Å². The van der Waals surface area contributed by atoms with E-state index >= 15 is 0 Å². The summed E-state index contributed by atoms with van der Waals surface area (Å²) in [6.07, 6.45) is 0. The molecule has 1 aromatic carbocycles. The normalized spacial score (nSPS) is 11.4. The monoisotopic (exact) mass is 276 g/mol. The van der Waals surface area contributed by atoms with Crippen LogP contribution in [0.2, 0.25) is 5.15 Å². The molecule has 100 valence electrons.